The fraction of sp³-hybridized carbons (Fsp3) is 0.556. The lowest BCUT2D eigenvalue weighted by atomic mass is 10.4. The number of likely N-dealkylation sites (N-methyl/N-ethyl adjacent to an activating group) is 2. The molecule has 0 fully saturated rings. The standard InChI is InChI=1S/C9H15ClN6O/c1-3-12-6(17)5-16(4-2)9-14-7(10)13-8(11)15-9/h3-5H2,1-2H3,(H,12,17)(H2,11,13,14,15). The van der Waals surface area contributed by atoms with E-state index in [1.165, 1.54) is 0 Å². The van der Waals surface area contributed by atoms with Crippen molar-refractivity contribution in [3.05, 3.63) is 5.28 Å². The van der Waals surface area contributed by atoms with Gasteiger partial charge in [0.15, 0.2) is 0 Å². The highest BCUT2D eigenvalue weighted by atomic mass is 35.5. The molecular formula is C9H15ClN6O. The second-order valence-corrected chi connectivity index (χ2v) is 3.57. The van der Waals surface area contributed by atoms with Crippen molar-refractivity contribution in [2.24, 2.45) is 0 Å². The summed E-state index contributed by atoms with van der Waals surface area (Å²) in [6.07, 6.45) is 0. The molecule has 0 aromatic carbocycles. The smallest absolute Gasteiger partial charge is 0.239 e. The molecule has 1 amide bonds. The Morgan fingerprint density at radius 2 is 2.12 bits per heavy atom. The van der Waals surface area contributed by atoms with Crippen LogP contribution >= 0.6 is 11.6 Å². The quantitative estimate of drug-likeness (QED) is 0.776. The SMILES string of the molecule is CCNC(=O)CN(CC)c1nc(N)nc(Cl)n1. The van der Waals surface area contributed by atoms with Crippen molar-refractivity contribution in [3.8, 4) is 0 Å². The number of nitrogen functional groups attached to an aromatic ring is 1. The Morgan fingerprint density at radius 1 is 1.41 bits per heavy atom. The van der Waals surface area contributed by atoms with E-state index in [0.29, 0.717) is 19.0 Å². The summed E-state index contributed by atoms with van der Waals surface area (Å²) in [7, 11) is 0. The van der Waals surface area contributed by atoms with Crippen molar-refractivity contribution in [3.63, 3.8) is 0 Å². The molecular weight excluding hydrogens is 244 g/mol. The maximum absolute atomic E-state index is 11.5. The van der Waals surface area contributed by atoms with Crippen LogP contribution in [-0.4, -0.2) is 40.5 Å². The van der Waals surface area contributed by atoms with Gasteiger partial charge in [-0.1, -0.05) is 0 Å². The summed E-state index contributed by atoms with van der Waals surface area (Å²) >= 11 is 5.68. The number of nitrogens with two attached hydrogens (primary N) is 1. The number of anilines is 2. The normalized spacial score (nSPS) is 10.1. The van der Waals surface area contributed by atoms with E-state index in [4.69, 9.17) is 17.3 Å². The molecule has 0 bridgehead atoms. The van der Waals surface area contributed by atoms with Crippen LogP contribution in [0.15, 0.2) is 0 Å². The second-order valence-electron chi connectivity index (χ2n) is 3.23. The number of hydrogen-bond acceptors (Lipinski definition) is 6. The number of nitrogens with zero attached hydrogens (tertiary/aromatic N) is 4. The molecule has 8 heteroatoms. The molecule has 3 N–H and O–H groups in total. The van der Waals surface area contributed by atoms with Crippen molar-refractivity contribution in [2.75, 3.05) is 30.3 Å². The Hall–Kier alpha value is -1.63. The molecule has 0 saturated heterocycles. The van der Waals surface area contributed by atoms with Crippen LogP contribution < -0.4 is 16.0 Å². The summed E-state index contributed by atoms with van der Waals surface area (Å²) in [5, 5.41) is 2.71. The van der Waals surface area contributed by atoms with Gasteiger partial charge < -0.3 is 16.0 Å². The summed E-state index contributed by atoms with van der Waals surface area (Å²) in [4.78, 5) is 24.7. The zero-order chi connectivity index (χ0) is 12.8. The minimum Gasteiger partial charge on any atom is -0.368 e. The van der Waals surface area contributed by atoms with Crippen LogP contribution in [0.3, 0.4) is 0 Å². The number of nitrogens with one attached hydrogen (secondary N) is 1. The molecule has 0 aliphatic heterocycles. The highest BCUT2D eigenvalue weighted by molar-refractivity contribution is 6.28. The molecule has 1 heterocycles. The molecule has 0 spiro atoms. The van der Waals surface area contributed by atoms with Crippen molar-refractivity contribution in [1.82, 2.24) is 20.3 Å². The molecule has 7 nitrogen and oxygen atoms in total. The van der Waals surface area contributed by atoms with Crippen LogP contribution in [0, 0.1) is 0 Å². The number of hydrogen-bond donors (Lipinski definition) is 2. The van der Waals surface area contributed by atoms with Crippen LogP contribution in [0.1, 0.15) is 13.8 Å². The van der Waals surface area contributed by atoms with Gasteiger partial charge in [0.25, 0.3) is 0 Å². The highest BCUT2D eigenvalue weighted by Gasteiger charge is 2.13. The number of aromatic nitrogens is 3. The van der Waals surface area contributed by atoms with E-state index in [0.717, 1.165) is 0 Å². The third kappa shape index (κ3) is 4.03. The van der Waals surface area contributed by atoms with Crippen LogP contribution in [0.25, 0.3) is 0 Å². The first-order chi connectivity index (χ1) is 8.06. The Balaban J connectivity index is 2.82. The van der Waals surface area contributed by atoms with E-state index in [-0.39, 0.29) is 23.7 Å². The fourth-order valence-corrected chi connectivity index (χ4v) is 1.41. The van der Waals surface area contributed by atoms with Crippen LogP contribution in [0.5, 0.6) is 0 Å². The van der Waals surface area contributed by atoms with E-state index in [1.54, 1.807) is 4.90 Å². The lowest BCUT2D eigenvalue weighted by molar-refractivity contribution is -0.119. The Labute approximate surface area is 104 Å². The summed E-state index contributed by atoms with van der Waals surface area (Å²) in [5.74, 6) is 0.232. The zero-order valence-corrected chi connectivity index (χ0v) is 10.5. The minimum absolute atomic E-state index is 0.0156. The first kappa shape index (κ1) is 13.4. The van der Waals surface area contributed by atoms with Crippen molar-refractivity contribution in [2.45, 2.75) is 13.8 Å². The van der Waals surface area contributed by atoms with Crippen LogP contribution in [0.2, 0.25) is 5.28 Å². The van der Waals surface area contributed by atoms with E-state index < -0.39 is 0 Å². The predicted octanol–water partition coefficient (Wildman–Crippen LogP) is 0.0696. The molecule has 0 saturated carbocycles. The first-order valence-corrected chi connectivity index (χ1v) is 5.63. The van der Waals surface area contributed by atoms with Crippen molar-refractivity contribution in [1.29, 1.82) is 0 Å². The highest BCUT2D eigenvalue weighted by Crippen LogP contribution is 2.11. The number of carbonyl (C=O) groups excluding carboxylic acids is 1. The van der Waals surface area contributed by atoms with E-state index in [2.05, 4.69) is 20.3 Å². The third-order valence-corrected chi connectivity index (χ3v) is 2.16. The fourth-order valence-electron chi connectivity index (χ4n) is 1.25. The molecule has 17 heavy (non-hydrogen) atoms. The third-order valence-electron chi connectivity index (χ3n) is 1.99. The maximum atomic E-state index is 11.5. The van der Waals surface area contributed by atoms with Gasteiger partial charge in [0.05, 0.1) is 6.54 Å². The average Bonchev–Trinajstić information content (AvgIpc) is 2.24. The summed E-state index contributed by atoms with van der Waals surface area (Å²) < 4.78 is 0. The lowest BCUT2D eigenvalue weighted by Gasteiger charge is -2.19. The van der Waals surface area contributed by atoms with Crippen LogP contribution in [-0.2, 0) is 4.79 Å². The number of halogens is 1. The van der Waals surface area contributed by atoms with Gasteiger partial charge in [-0.05, 0) is 25.4 Å². The molecule has 0 aliphatic rings. The van der Waals surface area contributed by atoms with E-state index >= 15 is 0 Å². The predicted molar refractivity (Wildman–Crippen MR) is 65.8 cm³/mol. The minimum atomic E-state index is -0.107. The Kier molecular flexibility index (Phi) is 4.89. The van der Waals surface area contributed by atoms with Gasteiger partial charge >= 0.3 is 0 Å². The Bertz CT molecular complexity index is 379. The summed E-state index contributed by atoms with van der Waals surface area (Å²) in [6, 6.07) is 0. The van der Waals surface area contributed by atoms with Gasteiger partial charge in [-0.25, -0.2) is 0 Å². The van der Waals surface area contributed by atoms with Gasteiger partial charge in [-0.15, -0.1) is 0 Å². The molecule has 0 aliphatic carbocycles. The van der Waals surface area contributed by atoms with Crippen LogP contribution in [0.4, 0.5) is 11.9 Å². The number of carbonyl (C=O) groups is 1. The lowest BCUT2D eigenvalue weighted by Crippen LogP contribution is -2.38. The number of amides is 1. The second kappa shape index (κ2) is 6.19. The van der Waals surface area contributed by atoms with E-state index in [1.807, 2.05) is 13.8 Å². The van der Waals surface area contributed by atoms with Gasteiger partial charge in [0, 0.05) is 13.1 Å². The molecule has 0 atom stereocenters. The van der Waals surface area contributed by atoms with E-state index in [9.17, 15) is 4.79 Å². The largest absolute Gasteiger partial charge is 0.368 e. The molecule has 1 rings (SSSR count). The maximum Gasteiger partial charge on any atom is 0.239 e. The monoisotopic (exact) mass is 258 g/mol. The van der Waals surface area contributed by atoms with Gasteiger partial charge in [-0.3, -0.25) is 4.79 Å². The molecule has 1 aromatic rings. The van der Waals surface area contributed by atoms with Gasteiger partial charge in [0.1, 0.15) is 0 Å². The van der Waals surface area contributed by atoms with Crippen molar-refractivity contribution < 1.29 is 4.79 Å². The van der Waals surface area contributed by atoms with Gasteiger partial charge in [-0.2, -0.15) is 15.0 Å². The summed E-state index contributed by atoms with van der Waals surface area (Å²) in [5.41, 5.74) is 5.47. The topological polar surface area (TPSA) is 97.0 Å². The van der Waals surface area contributed by atoms with Gasteiger partial charge in [0.2, 0.25) is 23.1 Å². The Morgan fingerprint density at radius 3 is 2.65 bits per heavy atom. The zero-order valence-electron chi connectivity index (χ0n) is 9.77. The average molecular weight is 259 g/mol. The molecule has 0 radical (unpaired) electrons. The first-order valence-electron chi connectivity index (χ1n) is 5.25. The molecule has 94 valence electrons. The number of rotatable bonds is 5. The van der Waals surface area contributed by atoms with Crippen molar-refractivity contribution >= 4 is 29.4 Å². The molecule has 1 aromatic heterocycles. The summed E-state index contributed by atoms with van der Waals surface area (Å²) in [6.45, 7) is 5.04. The molecule has 0 unspecified atom stereocenters.